The van der Waals surface area contributed by atoms with Gasteiger partial charge in [-0.1, -0.05) is 6.07 Å². The van der Waals surface area contributed by atoms with E-state index in [0.29, 0.717) is 32.2 Å². The van der Waals surface area contributed by atoms with Crippen LogP contribution in [-0.4, -0.2) is 78.8 Å². The Kier molecular flexibility index (Phi) is 7.28. The van der Waals surface area contributed by atoms with Crippen LogP contribution in [0.15, 0.2) is 39.1 Å². The Morgan fingerprint density at radius 1 is 1.55 bits per heavy atom. The van der Waals surface area contributed by atoms with Crippen molar-refractivity contribution in [2.75, 3.05) is 38.5 Å². The summed E-state index contributed by atoms with van der Waals surface area (Å²) in [5.41, 5.74) is 0.995. The third-order valence-corrected chi connectivity index (χ3v) is 7.75. The van der Waals surface area contributed by atoms with Crippen LogP contribution in [0.1, 0.15) is 18.6 Å². The number of aliphatic hydroxyl groups excluding tert-OH is 1. The normalized spacial score (nSPS) is 19.3. The lowest BCUT2D eigenvalue weighted by molar-refractivity contribution is -0.00809. The van der Waals surface area contributed by atoms with Crippen molar-refractivity contribution < 1.29 is 18.3 Å². The molecule has 0 radical (unpaired) electrons. The van der Waals surface area contributed by atoms with Crippen LogP contribution >= 0.6 is 11.3 Å². The van der Waals surface area contributed by atoms with Gasteiger partial charge in [-0.05, 0) is 18.4 Å². The molecule has 1 aliphatic heterocycles. The number of thiophene rings is 1. The molecule has 0 amide bonds. The third kappa shape index (κ3) is 5.78. The number of guanidine groups is 1. The number of aliphatic imine (C=N–C) groups is 1. The smallest absolute Gasteiger partial charge is 0.194 e. The molecule has 0 bridgehead atoms. The number of ether oxygens (including phenoxy) is 1. The first-order chi connectivity index (χ1) is 13.9. The average Bonchev–Trinajstić information content (AvgIpc) is 3.37. The fourth-order valence-corrected chi connectivity index (χ4v) is 5.56. The minimum Gasteiger partial charge on any atom is -0.390 e. The van der Waals surface area contributed by atoms with Crippen LogP contribution in [0, 0.1) is 0 Å². The second kappa shape index (κ2) is 9.70. The van der Waals surface area contributed by atoms with Gasteiger partial charge in [0.25, 0.3) is 0 Å². The number of hydrogen-bond acceptors (Lipinski definition) is 7. The van der Waals surface area contributed by atoms with Gasteiger partial charge in [0.1, 0.15) is 10.3 Å². The first kappa shape index (κ1) is 21.8. The highest BCUT2D eigenvalue weighted by atomic mass is 32.2. The van der Waals surface area contributed by atoms with Crippen LogP contribution in [-0.2, 0) is 21.6 Å². The second-order valence-corrected chi connectivity index (χ2v) is 10.0. The average molecular weight is 442 g/mol. The van der Waals surface area contributed by atoms with E-state index in [-0.39, 0.29) is 22.6 Å². The first-order valence-electron chi connectivity index (χ1n) is 9.46. The molecule has 1 saturated heterocycles. The molecule has 0 aromatic carbocycles. The lowest BCUT2D eigenvalue weighted by Gasteiger charge is -2.35. The van der Waals surface area contributed by atoms with Crippen LogP contribution < -0.4 is 5.32 Å². The monoisotopic (exact) mass is 441 g/mol. The number of aliphatic hydroxyl groups is 1. The van der Waals surface area contributed by atoms with Crippen LogP contribution in [0.4, 0.5) is 0 Å². The maximum absolute atomic E-state index is 12.3. The van der Waals surface area contributed by atoms with Gasteiger partial charge in [-0.2, -0.15) is 5.10 Å². The standard InChI is InChI=1S/C18H27N5O4S2/c1-3-19-18(20-10-15(24)13-29(25,26)17-5-4-8-28-17)23-6-7-27-16(12-23)14-9-21-22(2)11-14/h4-5,8-9,11,15-16,24H,3,6-7,10,12-13H2,1-2H3,(H,19,20). The second-order valence-electron chi connectivity index (χ2n) is 6.81. The number of nitrogens with zero attached hydrogens (tertiary/aromatic N) is 4. The fraction of sp³-hybridized carbons (Fsp3) is 0.556. The molecule has 2 aromatic rings. The molecular formula is C18H27N5O4S2. The third-order valence-electron chi connectivity index (χ3n) is 4.46. The molecule has 160 valence electrons. The van der Waals surface area contributed by atoms with Gasteiger partial charge in [-0.15, -0.1) is 11.3 Å². The van der Waals surface area contributed by atoms with Gasteiger partial charge in [0, 0.05) is 31.9 Å². The van der Waals surface area contributed by atoms with Gasteiger partial charge in [0.05, 0.1) is 37.8 Å². The van der Waals surface area contributed by atoms with Crippen molar-refractivity contribution in [1.82, 2.24) is 20.0 Å². The maximum Gasteiger partial charge on any atom is 0.194 e. The summed E-state index contributed by atoms with van der Waals surface area (Å²) >= 11 is 1.15. The van der Waals surface area contributed by atoms with Crippen molar-refractivity contribution >= 4 is 27.1 Å². The van der Waals surface area contributed by atoms with E-state index < -0.39 is 15.9 Å². The molecule has 3 rings (SSSR count). The Labute approximate surface area is 174 Å². The Morgan fingerprint density at radius 3 is 3.03 bits per heavy atom. The van der Waals surface area contributed by atoms with Crippen molar-refractivity contribution in [2.24, 2.45) is 12.0 Å². The van der Waals surface area contributed by atoms with Crippen LogP contribution in [0.3, 0.4) is 0 Å². The Bertz CT molecular complexity index is 911. The van der Waals surface area contributed by atoms with Gasteiger partial charge in [-0.25, -0.2) is 8.42 Å². The molecule has 0 saturated carbocycles. The Hall–Kier alpha value is -1.95. The van der Waals surface area contributed by atoms with Gasteiger partial charge in [0.15, 0.2) is 15.8 Å². The highest BCUT2D eigenvalue weighted by Gasteiger charge is 2.26. The van der Waals surface area contributed by atoms with Gasteiger partial charge >= 0.3 is 0 Å². The van der Waals surface area contributed by atoms with Crippen molar-refractivity contribution in [3.63, 3.8) is 0 Å². The molecule has 2 aromatic heterocycles. The Balaban J connectivity index is 1.64. The summed E-state index contributed by atoms with van der Waals surface area (Å²) in [7, 11) is -1.65. The molecule has 9 nitrogen and oxygen atoms in total. The molecule has 11 heteroatoms. The number of aromatic nitrogens is 2. The lowest BCUT2D eigenvalue weighted by Crippen LogP contribution is -2.48. The topological polar surface area (TPSA) is 109 Å². The summed E-state index contributed by atoms with van der Waals surface area (Å²) in [5, 5.41) is 19.4. The summed E-state index contributed by atoms with van der Waals surface area (Å²) in [4.78, 5) is 6.54. The number of rotatable bonds is 7. The molecule has 29 heavy (non-hydrogen) atoms. The largest absolute Gasteiger partial charge is 0.390 e. The van der Waals surface area contributed by atoms with E-state index in [1.54, 1.807) is 28.4 Å². The van der Waals surface area contributed by atoms with Crippen LogP contribution in [0.2, 0.25) is 0 Å². The van der Waals surface area contributed by atoms with E-state index in [1.165, 1.54) is 0 Å². The van der Waals surface area contributed by atoms with E-state index in [2.05, 4.69) is 20.3 Å². The first-order valence-corrected chi connectivity index (χ1v) is 12.0. The number of morpholine rings is 1. The zero-order valence-corrected chi connectivity index (χ0v) is 18.2. The summed E-state index contributed by atoms with van der Waals surface area (Å²) in [5.74, 6) is 0.287. The highest BCUT2D eigenvalue weighted by molar-refractivity contribution is 7.93. The minimum atomic E-state index is -3.51. The van der Waals surface area contributed by atoms with E-state index in [9.17, 15) is 13.5 Å². The number of sulfone groups is 1. The maximum atomic E-state index is 12.3. The minimum absolute atomic E-state index is 0.00184. The van der Waals surface area contributed by atoms with Crippen molar-refractivity contribution in [1.29, 1.82) is 0 Å². The molecule has 0 spiro atoms. The molecule has 1 aliphatic rings. The van der Waals surface area contributed by atoms with E-state index in [4.69, 9.17) is 4.74 Å². The fourth-order valence-electron chi connectivity index (χ4n) is 3.10. The summed E-state index contributed by atoms with van der Waals surface area (Å²) < 4.78 is 32.5. The summed E-state index contributed by atoms with van der Waals surface area (Å²) in [6.07, 6.45) is 2.52. The molecule has 0 aliphatic carbocycles. The molecule has 2 N–H and O–H groups in total. The number of nitrogens with one attached hydrogen (secondary N) is 1. The van der Waals surface area contributed by atoms with E-state index in [0.717, 1.165) is 16.9 Å². The van der Waals surface area contributed by atoms with Crippen LogP contribution in [0.25, 0.3) is 0 Å². The van der Waals surface area contributed by atoms with Gasteiger partial charge in [-0.3, -0.25) is 9.67 Å². The number of aryl methyl sites for hydroxylation is 1. The predicted molar refractivity (Wildman–Crippen MR) is 112 cm³/mol. The van der Waals surface area contributed by atoms with E-state index >= 15 is 0 Å². The quantitative estimate of drug-likeness (QED) is 0.480. The SMILES string of the molecule is CCNC(=NCC(O)CS(=O)(=O)c1cccs1)N1CCOC(c2cnn(C)c2)C1. The molecule has 1 fully saturated rings. The highest BCUT2D eigenvalue weighted by Crippen LogP contribution is 2.22. The number of hydrogen-bond donors (Lipinski definition) is 2. The molecule has 2 unspecified atom stereocenters. The molecule has 2 atom stereocenters. The molecule has 3 heterocycles. The van der Waals surface area contributed by atoms with E-state index in [1.807, 2.05) is 20.2 Å². The van der Waals surface area contributed by atoms with Crippen molar-refractivity contribution in [3.05, 3.63) is 35.5 Å². The molecular weight excluding hydrogens is 414 g/mol. The predicted octanol–water partition coefficient (Wildman–Crippen LogP) is 0.655. The zero-order valence-electron chi connectivity index (χ0n) is 16.6. The summed E-state index contributed by atoms with van der Waals surface area (Å²) in [6.45, 7) is 4.43. The van der Waals surface area contributed by atoms with Crippen molar-refractivity contribution in [3.8, 4) is 0 Å². The lowest BCUT2D eigenvalue weighted by atomic mass is 10.1. The Morgan fingerprint density at radius 2 is 2.38 bits per heavy atom. The zero-order chi connectivity index (χ0) is 20.9. The van der Waals surface area contributed by atoms with Gasteiger partial charge in [0.2, 0.25) is 0 Å². The van der Waals surface area contributed by atoms with Crippen molar-refractivity contribution in [2.45, 2.75) is 23.3 Å². The van der Waals surface area contributed by atoms with Crippen LogP contribution in [0.5, 0.6) is 0 Å². The van der Waals surface area contributed by atoms with Gasteiger partial charge < -0.3 is 20.1 Å². The summed E-state index contributed by atoms with van der Waals surface area (Å²) in [6, 6.07) is 3.23.